The topological polar surface area (TPSA) is 29.5 Å². The Morgan fingerprint density at radius 2 is 2.38 bits per heavy atom. The van der Waals surface area contributed by atoms with E-state index in [1.807, 2.05) is 4.90 Å². The van der Waals surface area contributed by atoms with E-state index >= 15 is 0 Å². The van der Waals surface area contributed by atoms with Crippen LogP contribution in [0.25, 0.3) is 0 Å². The molecule has 2 aliphatic heterocycles. The van der Waals surface area contributed by atoms with Gasteiger partial charge in [0, 0.05) is 19.7 Å². The molecule has 1 fully saturated rings. The summed E-state index contributed by atoms with van der Waals surface area (Å²) in [6.45, 7) is 2.37. The smallest absolute Gasteiger partial charge is 0.251 e. The van der Waals surface area contributed by atoms with Gasteiger partial charge < -0.3 is 9.64 Å². The fourth-order valence-corrected chi connectivity index (χ4v) is 1.82. The summed E-state index contributed by atoms with van der Waals surface area (Å²) in [5.74, 6) is 0.182. The molecule has 0 aromatic heterocycles. The SMILES string of the molecule is O=C([C@@H]1CCCO1)N1CC=CCC1. The van der Waals surface area contributed by atoms with Crippen LogP contribution in [-0.2, 0) is 9.53 Å². The van der Waals surface area contributed by atoms with Gasteiger partial charge in [-0.2, -0.15) is 0 Å². The van der Waals surface area contributed by atoms with E-state index in [9.17, 15) is 4.79 Å². The molecule has 0 aromatic carbocycles. The average molecular weight is 181 g/mol. The summed E-state index contributed by atoms with van der Waals surface area (Å²) in [6, 6.07) is 0. The maximum Gasteiger partial charge on any atom is 0.251 e. The molecule has 3 heteroatoms. The van der Waals surface area contributed by atoms with Crippen LogP contribution < -0.4 is 0 Å². The van der Waals surface area contributed by atoms with Gasteiger partial charge in [0.25, 0.3) is 5.91 Å². The molecule has 1 amide bonds. The summed E-state index contributed by atoms with van der Waals surface area (Å²) in [6.07, 6.45) is 6.94. The summed E-state index contributed by atoms with van der Waals surface area (Å²) < 4.78 is 5.35. The van der Waals surface area contributed by atoms with E-state index in [4.69, 9.17) is 4.74 Å². The Morgan fingerprint density at radius 1 is 1.46 bits per heavy atom. The molecule has 72 valence electrons. The molecular formula is C10H15NO2. The van der Waals surface area contributed by atoms with Gasteiger partial charge in [0.05, 0.1) is 0 Å². The molecule has 0 radical (unpaired) electrons. The van der Waals surface area contributed by atoms with Crippen molar-refractivity contribution in [2.24, 2.45) is 0 Å². The lowest BCUT2D eigenvalue weighted by atomic mass is 10.2. The second kappa shape index (κ2) is 3.92. The van der Waals surface area contributed by atoms with E-state index in [-0.39, 0.29) is 12.0 Å². The zero-order chi connectivity index (χ0) is 9.10. The van der Waals surface area contributed by atoms with Gasteiger partial charge in [-0.3, -0.25) is 4.79 Å². The first-order valence-electron chi connectivity index (χ1n) is 4.93. The van der Waals surface area contributed by atoms with Crippen molar-refractivity contribution in [3.05, 3.63) is 12.2 Å². The molecule has 2 rings (SSSR count). The number of hydrogen-bond donors (Lipinski definition) is 0. The van der Waals surface area contributed by atoms with E-state index in [2.05, 4.69) is 12.2 Å². The normalized spacial score (nSPS) is 28.0. The second-order valence-electron chi connectivity index (χ2n) is 3.55. The van der Waals surface area contributed by atoms with Crippen LogP contribution in [-0.4, -0.2) is 36.6 Å². The highest BCUT2D eigenvalue weighted by molar-refractivity contribution is 5.81. The van der Waals surface area contributed by atoms with Crippen LogP contribution in [0.5, 0.6) is 0 Å². The lowest BCUT2D eigenvalue weighted by Crippen LogP contribution is -2.40. The molecule has 0 unspecified atom stereocenters. The summed E-state index contributed by atoms with van der Waals surface area (Å²) in [7, 11) is 0. The highest BCUT2D eigenvalue weighted by atomic mass is 16.5. The first-order chi connectivity index (χ1) is 6.38. The molecule has 3 nitrogen and oxygen atoms in total. The molecule has 1 saturated heterocycles. The van der Waals surface area contributed by atoms with Gasteiger partial charge in [-0.05, 0) is 19.3 Å². The van der Waals surface area contributed by atoms with Gasteiger partial charge in [0.2, 0.25) is 0 Å². The first-order valence-corrected chi connectivity index (χ1v) is 4.93. The molecular weight excluding hydrogens is 166 g/mol. The van der Waals surface area contributed by atoms with E-state index in [1.54, 1.807) is 0 Å². The first kappa shape index (κ1) is 8.75. The van der Waals surface area contributed by atoms with Gasteiger partial charge >= 0.3 is 0 Å². The van der Waals surface area contributed by atoms with Crippen molar-refractivity contribution in [1.82, 2.24) is 4.90 Å². The lowest BCUT2D eigenvalue weighted by Gasteiger charge is -2.25. The van der Waals surface area contributed by atoms with Crippen LogP contribution in [0, 0.1) is 0 Å². The van der Waals surface area contributed by atoms with Crippen molar-refractivity contribution in [3.63, 3.8) is 0 Å². The molecule has 0 aromatic rings. The minimum atomic E-state index is -0.147. The van der Waals surface area contributed by atoms with Gasteiger partial charge in [-0.1, -0.05) is 12.2 Å². The highest BCUT2D eigenvalue weighted by Crippen LogP contribution is 2.15. The molecule has 0 aliphatic carbocycles. The molecule has 2 aliphatic rings. The lowest BCUT2D eigenvalue weighted by molar-refractivity contribution is -0.140. The summed E-state index contributed by atoms with van der Waals surface area (Å²) in [4.78, 5) is 13.7. The van der Waals surface area contributed by atoms with Crippen LogP contribution in [0.15, 0.2) is 12.2 Å². The van der Waals surface area contributed by atoms with Gasteiger partial charge in [0.15, 0.2) is 0 Å². The number of carbonyl (C=O) groups is 1. The van der Waals surface area contributed by atoms with Crippen molar-refractivity contribution in [3.8, 4) is 0 Å². The predicted molar refractivity (Wildman–Crippen MR) is 49.3 cm³/mol. The van der Waals surface area contributed by atoms with Gasteiger partial charge in [-0.25, -0.2) is 0 Å². The van der Waals surface area contributed by atoms with E-state index in [1.165, 1.54) is 0 Å². The van der Waals surface area contributed by atoms with Crippen LogP contribution in [0.1, 0.15) is 19.3 Å². The number of rotatable bonds is 1. The molecule has 0 N–H and O–H groups in total. The molecule has 0 bridgehead atoms. The van der Waals surface area contributed by atoms with Crippen LogP contribution in [0.3, 0.4) is 0 Å². The van der Waals surface area contributed by atoms with Crippen molar-refractivity contribution < 1.29 is 9.53 Å². The maximum atomic E-state index is 11.8. The zero-order valence-corrected chi connectivity index (χ0v) is 7.74. The van der Waals surface area contributed by atoms with E-state index in [0.717, 1.165) is 39.0 Å². The van der Waals surface area contributed by atoms with Crippen molar-refractivity contribution >= 4 is 5.91 Å². The Morgan fingerprint density at radius 3 is 3.00 bits per heavy atom. The number of carbonyl (C=O) groups excluding carboxylic acids is 1. The largest absolute Gasteiger partial charge is 0.368 e. The molecule has 0 saturated carbocycles. The molecule has 13 heavy (non-hydrogen) atoms. The standard InChI is InChI=1S/C10H15NO2/c12-10(9-5-4-8-13-9)11-6-2-1-3-7-11/h1-2,9H,3-8H2/t9-/m0/s1. The third-order valence-electron chi connectivity index (χ3n) is 2.57. The van der Waals surface area contributed by atoms with E-state index < -0.39 is 0 Å². The molecule has 2 heterocycles. The van der Waals surface area contributed by atoms with Gasteiger partial charge in [0.1, 0.15) is 6.10 Å². The summed E-state index contributed by atoms with van der Waals surface area (Å²) in [5.41, 5.74) is 0. The molecule has 1 atom stereocenters. The maximum absolute atomic E-state index is 11.8. The van der Waals surface area contributed by atoms with Crippen molar-refractivity contribution in [1.29, 1.82) is 0 Å². The Kier molecular flexibility index (Phi) is 2.64. The minimum absolute atomic E-state index is 0.147. The Balaban J connectivity index is 1.91. The second-order valence-corrected chi connectivity index (χ2v) is 3.55. The van der Waals surface area contributed by atoms with Crippen molar-refractivity contribution in [2.45, 2.75) is 25.4 Å². The minimum Gasteiger partial charge on any atom is -0.368 e. The van der Waals surface area contributed by atoms with Crippen LogP contribution >= 0.6 is 0 Å². The fourth-order valence-electron chi connectivity index (χ4n) is 1.82. The monoisotopic (exact) mass is 181 g/mol. The van der Waals surface area contributed by atoms with Crippen molar-refractivity contribution in [2.75, 3.05) is 19.7 Å². The fraction of sp³-hybridized carbons (Fsp3) is 0.700. The Hall–Kier alpha value is -0.830. The number of nitrogens with zero attached hydrogens (tertiary/aromatic N) is 1. The number of hydrogen-bond acceptors (Lipinski definition) is 2. The Bertz CT molecular complexity index is 219. The van der Waals surface area contributed by atoms with Gasteiger partial charge in [-0.15, -0.1) is 0 Å². The summed E-state index contributed by atoms with van der Waals surface area (Å²) in [5, 5.41) is 0. The van der Waals surface area contributed by atoms with Crippen LogP contribution in [0.2, 0.25) is 0 Å². The third kappa shape index (κ3) is 1.91. The number of ether oxygens (including phenoxy) is 1. The van der Waals surface area contributed by atoms with Crippen LogP contribution in [0.4, 0.5) is 0 Å². The quantitative estimate of drug-likeness (QED) is 0.564. The average Bonchev–Trinajstić information content (AvgIpc) is 2.71. The highest BCUT2D eigenvalue weighted by Gasteiger charge is 2.27. The van der Waals surface area contributed by atoms with E-state index in [0.29, 0.717) is 0 Å². The third-order valence-corrected chi connectivity index (χ3v) is 2.57. The Labute approximate surface area is 78.4 Å². The number of amides is 1. The predicted octanol–water partition coefficient (Wildman–Crippen LogP) is 0.954. The summed E-state index contributed by atoms with van der Waals surface area (Å²) >= 11 is 0. The zero-order valence-electron chi connectivity index (χ0n) is 7.74. The molecule has 0 spiro atoms.